The lowest BCUT2D eigenvalue weighted by Gasteiger charge is -2.28. The first-order valence-electron chi connectivity index (χ1n) is 4.23. The number of nitrogens with zero attached hydrogens (tertiary/aromatic N) is 1. The highest BCUT2D eigenvalue weighted by molar-refractivity contribution is 4.86. The van der Waals surface area contributed by atoms with Crippen molar-refractivity contribution in [2.45, 2.75) is 27.2 Å². The van der Waals surface area contributed by atoms with Crippen LogP contribution in [0.4, 0.5) is 0 Å². The van der Waals surface area contributed by atoms with Crippen LogP contribution in [0, 0.1) is 11.3 Å². The third-order valence-corrected chi connectivity index (χ3v) is 3.09. The summed E-state index contributed by atoms with van der Waals surface area (Å²) in [6.45, 7) is 9.64. The maximum Gasteiger partial charge on any atom is 0.00352 e. The van der Waals surface area contributed by atoms with E-state index in [1.807, 2.05) is 0 Å². The molecule has 60 valence electrons. The highest BCUT2D eigenvalue weighted by atomic mass is 15.1. The van der Waals surface area contributed by atoms with Crippen LogP contribution in [0.25, 0.3) is 0 Å². The Balaban J connectivity index is 2.54. The van der Waals surface area contributed by atoms with Gasteiger partial charge in [-0.25, -0.2) is 0 Å². The summed E-state index contributed by atoms with van der Waals surface area (Å²) in [5, 5.41) is 0. The molecule has 0 radical (unpaired) electrons. The van der Waals surface area contributed by atoms with E-state index in [2.05, 4.69) is 32.7 Å². The molecule has 1 atom stereocenters. The van der Waals surface area contributed by atoms with Gasteiger partial charge in [0.15, 0.2) is 0 Å². The topological polar surface area (TPSA) is 3.24 Å². The highest BCUT2D eigenvalue weighted by Gasteiger charge is 2.34. The summed E-state index contributed by atoms with van der Waals surface area (Å²) in [4.78, 5) is 2.43. The van der Waals surface area contributed by atoms with E-state index in [0.717, 1.165) is 5.92 Å². The standard InChI is InChI=1S/C9H19N/c1-8(2)9(3)5-6-10(4)7-9/h8H,5-7H2,1-4H3/t9-/m0/s1. The highest BCUT2D eigenvalue weighted by Crippen LogP contribution is 2.36. The van der Waals surface area contributed by atoms with Crippen LogP contribution < -0.4 is 0 Å². The molecule has 0 bridgehead atoms. The molecule has 0 aliphatic carbocycles. The zero-order valence-corrected chi connectivity index (χ0v) is 7.65. The summed E-state index contributed by atoms with van der Waals surface area (Å²) in [5.41, 5.74) is 0.592. The zero-order chi connectivity index (χ0) is 7.78. The summed E-state index contributed by atoms with van der Waals surface area (Å²) in [6, 6.07) is 0. The first kappa shape index (κ1) is 8.06. The summed E-state index contributed by atoms with van der Waals surface area (Å²) >= 11 is 0. The van der Waals surface area contributed by atoms with Gasteiger partial charge < -0.3 is 4.90 Å². The molecule has 0 unspecified atom stereocenters. The molecule has 10 heavy (non-hydrogen) atoms. The first-order valence-corrected chi connectivity index (χ1v) is 4.23. The summed E-state index contributed by atoms with van der Waals surface area (Å²) in [7, 11) is 2.22. The van der Waals surface area contributed by atoms with Crippen molar-refractivity contribution in [3.05, 3.63) is 0 Å². The Bertz CT molecular complexity index is 120. The second-order valence-electron chi connectivity index (χ2n) is 4.30. The minimum Gasteiger partial charge on any atom is -0.306 e. The third kappa shape index (κ3) is 1.34. The van der Waals surface area contributed by atoms with Crippen molar-refractivity contribution in [2.24, 2.45) is 11.3 Å². The predicted octanol–water partition coefficient (Wildman–Crippen LogP) is 1.98. The van der Waals surface area contributed by atoms with Gasteiger partial charge in [0.25, 0.3) is 0 Å². The molecule has 0 N–H and O–H groups in total. The Morgan fingerprint density at radius 3 is 2.20 bits per heavy atom. The Kier molecular flexibility index (Phi) is 2.04. The first-order chi connectivity index (χ1) is 4.54. The van der Waals surface area contributed by atoms with Crippen molar-refractivity contribution in [1.82, 2.24) is 4.90 Å². The molecule has 0 aromatic carbocycles. The molecule has 0 saturated carbocycles. The van der Waals surface area contributed by atoms with Crippen molar-refractivity contribution in [3.63, 3.8) is 0 Å². The minimum absolute atomic E-state index is 0.592. The maximum absolute atomic E-state index is 2.43. The van der Waals surface area contributed by atoms with Crippen LogP contribution in [0.2, 0.25) is 0 Å². The Morgan fingerprint density at radius 2 is 2.00 bits per heavy atom. The Hall–Kier alpha value is -0.0400. The molecular formula is C9H19N. The molecule has 1 heteroatoms. The van der Waals surface area contributed by atoms with Crippen molar-refractivity contribution >= 4 is 0 Å². The Morgan fingerprint density at radius 1 is 1.40 bits per heavy atom. The second-order valence-corrected chi connectivity index (χ2v) is 4.30. The molecule has 1 heterocycles. The van der Waals surface area contributed by atoms with Gasteiger partial charge in [0.05, 0.1) is 0 Å². The van der Waals surface area contributed by atoms with Crippen LogP contribution in [0.5, 0.6) is 0 Å². The number of hydrogen-bond acceptors (Lipinski definition) is 1. The second kappa shape index (κ2) is 2.54. The zero-order valence-electron chi connectivity index (χ0n) is 7.65. The lowest BCUT2D eigenvalue weighted by Crippen LogP contribution is -2.26. The van der Waals surface area contributed by atoms with Crippen LogP contribution >= 0.6 is 0 Å². The molecule has 1 nitrogen and oxygen atoms in total. The fourth-order valence-corrected chi connectivity index (χ4v) is 1.69. The van der Waals surface area contributed by atoms with E-state index >= 15 is 0 Å². The van der Waals surface area contributed by atoms with Crippen LogP contribution in [0.3, 0.4) is 0 Å². The van der Waals surface area contributed by atoms with Gasteiger partial charge in [0.2, 0.25) is 0 Å². The number of likely N-dealkylation sites (tertiary alicyclic amines) is 1. The van der Waals surface area contributed by atoms with Crippen molar-refractivity contribution in [3.8, 4) is 0 Å². The van der Waals surface area contributed by atoms with Gasteiger partial charge in [-0.15, -0.1) is 0 Å². The molecule has 1 aliphatic rings. The largest absolute Gasteiger partial charge is 0.306 e. The van der Waals surface area contributed by atoms with Crippen LogP contribution in [0.15, 0.2) is 0 Å². The van der Waals surface area contributed by atoms with E-state index in [-0.39, 0.29) is 0 Å². The van der Waals surface area contributed by atoms with Crippen molar-refractivity contribution in [1.29, 1.82) is 0 Å². The van der Waals surface area contributed by atoms with Crippen LogP contribution in [-0.4, -0.2) is 25.0 Å². The Labute approximate surface area is 64.4 Å². The van der Waals surface area contributed by atoms with Gasteiger partial charge in [0, 0.05) is 6.54 Å². The SMILES string of the molecule is CC(C)[C@@]1(C)CCN(C)C1. The third-order valence-electron chi connectivity index (χ3n) is 3.09. The molecule has 1 rings (SSSR count). The fraction of sp³-hybridized carbons (Fsp3) is 1.00. The van der Waals surface area contributed by atoms with Gasteiger partial charge in [-0.1, -0.05) is 20.8 Å². The number of hydrogen-bond donors (Lipinski definition) is 0. The molecular weight excluding hydrogens is 122 g/mol. The molecule has 0 aromatic heterocycles. The van der Waals surface area contributed by atoms with Gasteiger partial charge in [-0.05, 0) is 31.3 Å². The maximum atomic E-state index is 2.43. The quantitative estimate of drug-likeness (QED) is 0.540. The average molecular weight is 141 g/mol. The van der Waals surface area contributed by atoms with Crippen molar-refractivity contribution < 1.29 is 0 Å². The smallest absolute Gasteiger partial charge is 0.00352 e. The molecule has 1 saturated heterocycles. The summed E-state index contributed by atoms with van der Waals surface area (Å²) in [5.74, 6) is 0.831. The predicted molar refractivity (Wildman–Crippen MR) is 45.1 cm³/mol. The molecule has 0 spiro atoms. The van der Waals surface area contributed by atoms with E-state index in [0.29, 0.717) is 5.41 Å². The lowest BCUT2D eigenvalue weighted by molar-refractivity contribution is 0.223. The molecule has 0 amide bonds. The van der Waals surface area contributed by atoms with E-state index in [4.69, 9.17) is 0 Å². The van der Waals surface area contributed by atoms with E-state index in [1.165, 1.54) is 19.5 Å². The average Bonchev–Trinajstić information content (AvgIpc) is 2.13. The summed E-state index contributed by atoms with van der Waals surface area (Å²) < 4.78 is 0. The number of rotatable bonds is 1. The van der Waals surface area contributed by atoms with Crippen LogP contribution in [-0.2, 0) is 0 Å². The molecule has 1 fully saturated rings. The normalized spacial score (nSPS) is 35.7. The molecule has 1 aliphatic heterocycles. The van der Waals surface area contributed by atoms with Crippen molar-refractivity contribution in [2.75, 3.05) is 20.1 Å². The van der Waals surface area contributed by atoms with E-state index < -0.39 is 0 Å². The van der Waals surface area contributed by atoms with Gasteiger partial charge in [-0.3, -0.25) is 0 Å². The van der Waals surface area contributed by atoms with Gasteiger partial charge >= 0.3 is 0 Å². The lowest BCUT2D eigenvalue weighted by atomic mass is 9.79. The van der Waals surface area contributed by atoms with E-state index in [1.54, 1.807) is 0 Å². The van der Waals surface area contributed by atoms with Crippen LogP contribution in [0.1, 0.15) is 27.2 Å². The molecule has 0 aromatic rings. The summed E-state index contributed by atoms with van der Waals surface area (Å²) in [6.07, 6.45) is 1.38. The monoisotopic (exact) mass is 141 g/mol. The minimum atomic E-state index is 0.592. The van der Waals surface area contributed by atoms with E-state index in [9.17, 15) is 0 Å². The van der Waals surface area contributed by atoms with Gasteiger partial charge in [-0.2, -0.15) is 0 Å². The fourth-order valence-electron chi connectivity index (χ4n) is 1.69. The van der Waals surface area contributed by atoms with Gasteiger partial charge in [0.1, 0.15) is 0 Å².